The van der Waals surface area contributed by atoms with Crippen LogP contribution in [0.1, 0.15) is 29.4 Å². The second kappa shape index (κ2) is 5.96. The van der Waals surface area contributed by atoms with Gasteiger partial charge in [0.1, 0.15) is 0 Å². The number of aromatic nitrogens is 1. The number of carbonyl (C=O) groups is 1. The fraction of sp³-hybridized carbons (Fsp3) is 0.571. The Morgan fingerprint density at radius 3 is 2.94 bits per heavy atom. The van der Waals surface area contributed by atoms with Crippen LogP contribution in [-0.2, 0) is 4.74 Å². The van der Waals surface area contributed by atoms with Crippen LogP contribution >= 0.6 is 0 Å². The molecule has 1 aromatic rings. The Kier molecular flexibility index (Phi) is 4.31. The summed E-state index contributed by atoms with van der Waals surface area (Å²) in [7, 11) is 0. The minimum absolute atomic E-state index is 0.0666. The molecule has 0 aliphatic carbocycles. The van der Waals surface area contributed by atoms with Gasteiger partial charge in [0.15, 0.2) is 0 Å². The molecule has 0 spiro atoms. The van der Waals surface area contributed by atoms with E-state index in [-0.39, 0.29) is 5.91 Å². The molecule has 18 heavy (non-hydrogen) atoms. The number of nitrogens with zero attached hydrogens (tertiary/aromatic N) is 2. The normalized spacial score (nSPS) is 18.9. The van der Waals surface area contributed by atoms with Gasteiger partial charge in [0, 0.05) is 37.5 Å². The first-order chi connectivity index (χ1) is 8.70. The van der Waals surface area contributed by atoms with Gasteiger partial charge in [-0.25, -0.2) is 0 Å². The molecule has 1 amide bonds. The Hall–Kier alpha value is -1.42. The van der Waals surface area contributed by atoms with Gasteiger partial charge in [-0.1, -0.05) is 0 Å². The molecule has 0 saturated carbocycles. The lowest BCUT2D eigenvalue weighted by Gasteiger charge is -2.23. The van der Waals surface area contributed by atoms with Crippen molar-refractivity contribution in [3.8, 4) is 0 Å². The Bertz CT molecular complexity index is 397. The van der Waals surface area contributed by atoms with Gasteiger partial charge in [-0.3, -0.25) is 9.78 Å². The number of amides is 1. The third-order valence-corrected chi connectivity index (χ3v) is 3.33. The van der Waals surface area contributed by atoms with Crippen LogP contribution in [0.3, 0.4) is 0 Å². The maximum Gasteiger partial charge on any atom is 0.255 e. The Morgan fingerprint density at radius 1 is 1.56 bits per heavy atom. The third kappa shape index (κ3) is 3.07. The van der Waals surface area contributed by atoms with Crippen molar-refractivity contribution >= 4 is 5.91 Å². The minimum Gasteiger partial charge on any atom is -0.381 e. The van der Waals surface area contributed by atoms with E-state index < -0.39 is 0 Å². The summed E-state index contributed by atoms with van der Waals surface area (Å²) in [5, 5.41) is 0. The zero-order chi connectivity index (χ0) is 13.0. The molecule has 2 rings (SSSR count). The quantitative estimate of drug-likeness (QED) is 0.817. The lowest BCUT2D eigenvalue weighted by atomic mass is 10.1. The first-order valence-electron chi connectivity index (χ1n) is 6.50. The second-order valence-corrected chi connectivity index (χ2v) is 4.76. The molecular weight excluding hydrogens is 228 g/mol. The second-order valence-electron chi connectivity index (χ2n) is 4.76. The van der Waals surface area contributed by atoms with Crippen LogP contribution in [0.5, 0.6) is 0 Å². The van der Waals surface area contributed by atoms with E-state index in [9.17, 15) is 4.79 Å². The van der Waals surface area contributed by atoms with Crippen molar-refractivity contribution in [3.05, 3.63) is 29.6 Å². The number of pyridine rings is 1. The van der Waals surface area contributed by atoms with E-state index in [2.05, 4.69) is 4.98 Å². The number of hydrogen-bond donors (Lipinski definition) is 0. The van der Waals surface area contributed by atoms with Crippen molar-refractivity contribution in [3.63, 3.8) is 0 Å². The Balaban J connectivity index is 2.02. The zero-order valence-electron chi connectivity index (χ0n) is 11.1. The average Bonchev–Trinajstić information content (AvgIpc) is 2.89. The first-order valence-corrected chi connectivity index (χ1v) is 6.50. The van der Waals surface area contributed by atoms with E-state index >= 15 is 0 Å². The standard InChI is InChI=1S/C14H20N2O2/c1-3-16(9-12-6-7-18-10-12)14(17)13-5-4-11(2)15-8-13/h4-5,8,12H,3,6-7,9-10H2,1-2H3/t12-/m1/s1. The molecule has 0 radical (unpaired) electrons. The average molecular weight is 248 g/mol. The van der Waals surface area contributed by atoms with Crippen LogP contribution in [-0.4, -0.2) is 42.1 Å². The molecule has 1 saturated heterocycles. The molecule has 1 fully saturated rings. The van der Waals surface area contributed by atoms with Crippen LogP contribution in [0.15, 0.2) is 18.3 Å². The lowest BCUT2D eigenvalue weighted by Crippen LogP contribution is -2.35. The molecule has 0 aromatic carbocycles. The summed E-state index contributed by atoms with van der Waals surface area (Å²) in [6.07, 6.45) is 2.71. The maximum absolute atomic E-state index is 12.3. The molecule has 1 aliphatic rings. The highest BCUT2D eigenvalue weighted by atomic mass is 16.5. The summed E-state index contributed by atoms with van der Waals surface area (Å²) in [6, 6.07) is 3.72. The van der Waals surface area contributed by atoms with E-state index in [4.69, 9.17) is 4.74 Å². The molecule has 1 atom stereocenters. The van der Waals surface area contributed by atoms with Gasteiger partial charge in [0.2, 0.25) is 0 Å². The largest absolute Gasteiger partial charge is 0.381 e. The van der Waals surface area contributed by atoms with Crippen LogP contribution in [0.2, 0.25) is 0 Å². The first kappa shape index (κ1) is 13.0. The van der Waals surface area contributed by atoms with Crippen LogP contribution in [0.25, 0.3) is 0 Å². The summed E-state index contributed by atoms with van der Waals surface area (Å²) >= 11 is 0. The molecule has 2 heterocycles. The monoisotopic (exact) mass is 248 g/mol. The summed E-state index contributed by atoms with van der Waals surface area (Å²) in [5.74, 6) is 0.546. The van der Waals surface area contributed by atoms with E-state index in [1.54, 1.807) is 6.20 Å². The summed E-state index contributed by atoms with van der Waals surface area (Å²) in [6.45, 7) is 7.03. The van der Waals surface area contributed by atoms with Gasteiger partial charge in [-0.05, 0) is 32.4 Å². The zero-order valence-corrected chi connectivity index (χ0v) is 11.1. The van der Waals surface area contributed by atoms with E-state index in [1.807, 2.05) is 30.9 Å². The third-order valence-electron chi connectivity index (χ3n) is 3.33. The fourth-order valence-electron chi connectivity index (χ4n) is 2.17. The van der Waals surface area contributed by atoms with Crippen LogP contribution in [0.4, 0.5) is 0 Å². The van der Waals surface area contributed by atoms with Crippen LogP contribution < -0.4 is 0 Å². The molecule has 98 valence electrons. The highest BCUT2D eigenvalue weighted by Crippen LogP contribution is 2.15. The maximum atomic E-state index is 12.3. The molecule has 0 unspecified atom stereocenters. The number of rotatable bonds is 4. The van der Waals surface area contributed by atoms with E-state index in [1.165, 1.54) is 0 Å². The van der Waals surface area contributed by atoms with E-state index in [0.29, 0.717) is 11.5 Å². The molecule has 1 aromatic heterocycles. The predicted molar refractivity (Wildman–Crippen MR) is 69.5 cm³/mol. The van der Waals surface area contributed by atoms with Crippen molar-refractivity contribution in [2.75, 3.05) is 26.3 Å². The Morgan fingerprint density at radius 2 is 2.39 bits per heavy atom. The highest BCUT2D eigenvalue weighted by Gasteiger charge is 2.22. The number of ether oxygens (including phenoxy) is 1. The predicted octanol–water partition coefficient (Wildman–Crippen LogP) is 1.89. The van der Waals surface area contributed by atoms with Crippen molar-refractivity contribution in [1.29, 1.82) is 0 Å². The van der Waals surface area contributed by atoms with Crippen LogP contribution in [0, 0.1) is 12.8 Å². The molecule has 4 heteroatoms. The summed E-state index contributed by atoms with van der Waals surface area (Å²) < 4.78 is 5.35. The molecule has 4 nitrogen and oxygen atoms in total. The number of hydrogen-bond acceptors (Lipinski definition) is 3. The van der Waals surface area contributed by atoms with Gasteiger partial charge in [0.05, 0.1) is 12.2 Å². The lowest BCUT2D eigenvalue weighted by molar-refractivity contribution is 0.0730. The van der Waals surface area contributed by atoms with Crippen molar-refractivity contribution < 1.29 is 9.53 Å². The minimum atomic E-state index is 0.0666. The molecule has 0 bridgehead atoms. The van der Waals surface area contributed by atoms with Gasteiger partial charge in [-0.2, -0.15) is 0 Å². The molecule has 1 aliphatic heterocycles. The highest BCUT2D eigenvalue weighted by molar-refractivity contribution is 5.93. The number of carbonyl (C=O) groups excluding carboxylic acids is 1. The van der Waals surface area contributed by atoms with Crippen molar-refractivity contribution in [1.82, 2.24) is 9.88 Å². The molecule has 0 N–H and O–H groups in total. The van der Waals surface area contributed by atoms with Crippen molar-refractivity contribution in [2.24, 2.45) is 5.92 Å². The summed E-state index contributed by atoms with van der Waals surface area (Å²) in [4.78, 5) is 18.4. The van der Waals surface area contributed by atoms with Gasteiger partial charge >= 0.3 is 0 Å². The topological polar surface area (TPSA) is 42.4 Å². The van der Waals surface area contributed by atoms with Gasteiger partial charge in [-0.15, -0.1) is 0 Å². The number of aryl methyl sites for hydroxylation is 1. The SMILES string of the molecule is CCN(C[C@H]1CCOC1)C(=O)c1ccc(C)nc1. The van der Waals surface area contributed by atoms with Crippen molar-refractivity contribution in [2.45, 2.75) is 20.3 Å². The molecular formula is C14H20N2O2. The van der Waals surface area contributed by atoms with E-state index in [0.717, 1.165) is 38.4 Å². The Labute approximate surface area is 108 Å². The fourth-order valence-corrected chi connectivity index (χ4v) is 2.17. The van der Waals surface area contributed by atoms with Gasteiger partial charge < -0.3 is 9.64 Å². The smallest absolute Gasteiger partial charge is 0.255 e. The summed E-state index contributed by atoms with van der Waals surface area (Å²) in [5.41, 5.74) is 1.60. The van der Waals surface area contributed by atoms with Gasteiger partial charge in [0.25, 0.3) is 5.91 Å².